The third-order valence-electron chi connectivity index (χ3n) is 5.51. The van der Waals surface area contributed by atoms with E-state index in [0.717, 1.165) is 12.8 Å². The number of hydroxylamine groups is 2. The molecule has 0 unspecified atom stereocenters. The number of hydrogen-bond donors (Lipinski definition) is 0. The Bertz CT molecular complexity index is 951. The molecule has 2 fully saturated rings. The molecular formula is C29H46LiNO7Si. The number of carbonyl (C=O) groups excluding carboxylic acids is 4. The quantitative estimate of drug-likeness (QED) is 0.118. The van der Waals surface area contributed by atoms with E-state index in [0.29, 0.717) is 12.8 Å². The number of ether oxygens (including phenoxy) is 2. The van der Waals surface area contributed by atoms with Crippen LogP contribution in [0.1, 0.15) is 80.1 Å². The first-order valence-electron chi connectivity index (χ1n) is 12.8. The molecule has 0 N–H and O–H groups in total. The maximum Gasteiger partial charge on any atom is 1.00 e. The van der Waals surface area contributed by atoms with Crippen molar-refractivity contribution in [3.05, 3.63) is 6.42 Å². The number of amides is 1. The Morgan fingerprint density at radius 3 is 1.44 bits per heavy atom. The summed E-state index contributed by atoms with van der Waals surface area (Å²) >= 11 is 0. The minimum atomic E-state index is -1.21. The van der Waals surface area contributed by atoms with E-state index in [2.05, 4.69) is 31.1 Å². The van der Waals surface area contributed by atoms with Crippen molar-refractivity contribution in [1.29, 1.82) is 0 Å². The smallest absolute Gasteiger partial charge is 0.701 e. The molecule has 0 aromatic rings. The number of rotatable bonds is 7. The first kappa shape index (κ1) is 39.1. The molecule has 0 heterocycles. The standard InChI is InChI=1S/C12H21NO4.C12H16O3.C5H9Si.Li/c1-11(2,3)17-9(14)8-12(6-7-12)10(15)13(4)16-5;1-5-9(13)12(6-7-12)8-10(14)15-11(2,3)4;1-5-6(2,3)4;/h6-8H2,1-5H3;1H,6-8H2,2-4H3;2-4H3;/q;;-1;+1. The van der Waals surface area contributed by atoms with Crippen LogP contribution in [0.4, 0.5) is 0 Å². The summed E-state index contributed by atoms with van der Waals surface area (Å²) in [5.41, 5.74) is 0.285. The second-order valence-corrected chi connectivity index (χ2v) is 17.7. The van der Waals surface area contributed by atoms with Gasteiger partial charge < -0.3 is 21.4 Å². The van der Waals surface area contributed by atoms with E-state index in [1.165, 1.54) is 12.2 Å². The van der Waals surface area contributed by atoms with Crippen LogP contribution in [-0.4, -0.2) is 62.1 Å². The van der Waals surface area contributed by atoms with Gasteiger partial charge in [-0.05, 0) is 73.1 Å². The topological polar surface area (TPSA) is 99.2 Å². The maximum atomic E-state index is 12.0. The van der Waals surface area contributed by atoms with Gasteiger partial charge in [-0.15, -0.1) is 6.42 Å². The van der Waals surface area contributed by atoms with Gasteiger partial charge in [0.2, 0.25) is 5.78 Å². The van der Waals surface area contributed by atoms with Crippen molar-refractivity contribution in [2.24, 2.45) is 10.8 Å². The second-order valence-electron chi connectivity index (χ2n) is 12.9. The molecule has 0 atom stereocenters. The molecule has 1 amide bonds. The van der Waals surface area contributed by atoms with E-state index in [4.69, 9.17) is 27.2 Å². The van der Waals surface area contributed by atoms with E-state index in [1.54, 1.807) is 27.8 Å². The van der Waals surface area contributed by atoms with E-state index in [9.17, 15) is 19.2 Å². The molecule has 0 aromatic heterocycles. The van der Waals surface area contributed by atoms with Crippen LogP contribution in [-0.2, 0) is 33.5 Å². The molecule has 214 valence electrons. The van der Waals surface area contributed by atoms with Crippen LogP contribution in [0.5, 0.6) is 0 Å². The summed E-state index contributed by atoms with van der Waals surface area (Å²) in [5, 5.41) is 1.18. The zero-order chi connectivity index (χ0) is 30.2. The fourth-order valence-electron chi connectivity index (χ4n) is 3.13. The zero-order valence-electron chi connectivity index (χ0n) is 26.1. The van der Waals surface area contributed by atoms with Crippen molar-refractivity contribution < 1.29 is 52.4 Å². The van der Waals surface area contributed by atoms with Crippen LogP contribution in [0.25, 0.3) is 0 Å². The summed E-state index contributed by atoms with van der Waals surface area (Å²) in [6.07, 6.45) is 14.8. The number of nitrogens with zero attached hydrogens (tertiary/aromatic N) is 1. The minimum absolute atomic E-state index is 0. The van der Waals surface area contributed by atoms with Crippen LogP contribution in [0.3, 0.4) is 0 Å². The van der Waals surface area contributed by atoms with Gasteiger partial charge in [0.05, 0.1) is 38.9 Å². The summed E-state index contributed by atoms with van der Waals surface area (Å²) in [4.78, 5) is 51.3. The first-order chi connectivity index (χ1) is 17.1. The van der Waals surface area contributed by atoms with Crippen molar-refractivity contribution >= 4 is 31.7 Å². The molecule has 0 bridgehead atoms. The van der Waals surface area contributed by atoms with Crippen LogP contribution in [0.15, 0.2) is 0 Å². The van der Waals surface area contributed by atoms with Gasteiger partial charge in [0.25, 0.3) is 5.91 Å². The van der Waals surface area contributed by atoms with Gasteiger partial charge in [-0.3, -0.25) is 24.0 Å². The first-order valence-corrected chi connectivity index (χ1v) is 16.3. The van der Waals surface area contributed by atoms with Crippen LogP contribution < -0.4 is 18.9 Å². The van der Waals surface area contributed by atoms with Crippen molar-refractivity contribution in [3.63, 3.8) is 0 Å². The van der Waals surface area contributed by atoms with E-state index in [1.807, 2.05) is 20.8 Å². The Kier molecular flexibility index (Phi) is 15.2. The molecule has 0 spiro atoms. The Balaban J connectivity index is 0. The van der Waals surface area contributed by atoms with E-state index < -0.39 is 30.1 Å². The fourth-order valence-corrected chi connectivity index (χ4v) is 3.13. The number of ketones is 1. The third-order valence-corrected chi connectivity index (χ3v) is 6.26. The predicted octanol–water partition coefficient (Wildman–Crippen LogP) is 1.68. The maximum absolute atomic E-state index is 12.0. The molecule has 8 nitrogen and oxygen atoms in total. The molecule has 0 aromatic carbocycles. The Hall–Kier alpha value is -2.03. The third kappa shape index (κ3) is 16.0. The second kappa shape index (κ2) is 15.1. The molecular weight excluding hydrogens is 509 g/mol. The van der Waals surface area contributed by atoms with Crippen LogP contribution >= 0.6 is 0 Å². The van der Waals surface area contributed by atoms with Crippen LogP contribution in [0.2, 0.25) is 19.6 Å². The summed E-state index contributed by atoms with van der Waals surface area (Å²) in [6.45, 7) is 17.1. The van der Waals surface area contributed by atoms with E-state index >= 15 is 0 Å². The fraction of sp³-hybridized carbons (Fsp3) is 0.724. The Labute approximate surface area is 248 Å². The van der Waals surface area contributed by atoms with Gasteiger partial charge >= 0.3 is 30.8 Å². The molecule has 0 aliphatic heterocycles. The molecule has 2 rings (SSSR count). The van der Waals surface area contributed by atoms with Gasteiger partial charge in [-0.2, -0.15) is 0 Å². The summed E-state index contributed by atoms with van der Waals surface area (Å²) in [5.74, 6) is 1.00. The number of terminal acetylenes is 1. The van der Waals surface area contributed by atoms with Gasteiger partial charge in [0.1, 0.15) is 11.2 Å². The minimum Gasteiger partial charge on any atom is -0.701 e. The van der Waals surface area contributed by atoms with Crippen molar-refractivity contribution in [2.75, 3.05) is 14.2 Å². The molecule has 0 saturated heterocycles. The van der Waals surface area contributed by atoms with Gasteiger partial charge in [-0.1, -0.05) is 19.6 Å². The van der Waals surface area contributed by atoms with Crippen molar-refractivity contribution in [3.8, 4) is 17.9 Å². The molecule has 0 radical (unpaired) electrons. The number of hydrogen-bond acceptors (Lipinski definition) is 7. The molecule has 10 heteroatoms. The van der Waals surface area contributed by atoms with Gasteiger partial charge in [-0.25, -0.2) is 5.06 Å². The summed E-state index contributed by atoms with van der Waals surface area (Å²) in [7, 11) is 1.77. The largest absolute Gasteiger partial charge is 1.00 e. The number of carbonyl (C=O) groups is 4. The average molecular weight is 556 g/mol. The van der Waals surface area contributed by atoms with E-state index in [-0.39, 0.29) is 55.3 Å². The summed E-state index contributed by atoms with van der Waals surface area (Å²) < 4.78 is 10.4. The van der Waals surface area contributed by atoms with Gasteiger partial charge in [0, 0.05) is 7.05 Å². The SMILES string of the molecule is C#CC(=O)C1(CC(=O)OC(C)(C)C)CC1.CON(C)C(=O)C1(CC(=O)OC(C)(C)C)CC1.[C-]#C[Si](C)(C)C.[Li+]. The normalized spacial score (nSPS) is 16.0. The van der Waals surface area contributed by atoms with Gasteiger partial charge in [0.15, 0.2) is 0 Å². The van der Waals surface area contributed by atoms with Crippen LogP contribution in [0, 0.1) is 35.1 Å². The Morgan fingerprint density at radius 1 is 0.872 bits per heavy atom. The molecule has 39 heavy (non-hydrogen) atoms. The Morgan fingerprint density at radius 2 is 1.21 bits per heavy atom. The van der Waals surface area contributed by atoms with Crippen molar-refractivity contribution in [2.45, 2.75) is 111 Å². The number of Topliss-reactive ketones (excluding diaryl/α,β-unsaturated/α-hetero) is 1. The number of esters is 2. The van der Waals surface area contributed by atoms with Crippen molar-refractivity contribution in [1.82, 2.24) is 5.06 Å². The molecule has 2 aliphatic carbocycles. The predicted molar refractivity (Wildman–Crippen MR) is 148 cm³/mol. The summed E-state index contributed by atoms with van der Waals surface area (Å²) in [6, 6.07) is 0. The monoisotopic (exact) mass is 555 g/mol. The zero-order valence-corrected chi connectivity index (χ0v) is 27.1. The molecule has 2 saturated carbocycles. The molecule has 2 aliphatic rings. The average Bonchev–Trinajstić information content (AvgIpc) is 3.67.